The first-order chi connectivity index (χ1) is 23.1. The maximum absolute atomic E-state index is 13.1. The molecule has 0 radical (unpaired) electrons. The van der Waals surface area contributed by atoms with Gasteiger partial charge >= 0.3 is 11.9 Å². The molecule has 0 spiro atoms. The van der Waals surface area contributed by atoms with E-state index in [0.717, 1.165) is 38.5 Å². The normalized spacial score (nSPS) is 20.2. The van der Waals surface area contributed by atoms with Crippen LogP contribution in [0.1, 0.15) is 232 Å². The molecule has 47 heavy (non-hydrogen) atoms. The zero-order valence-electron chi connectivity index (χ0n) is 31.5. The average molecular weight is 663 g/mol. The fourth-order valence-electron chi connectivity index (χ4n) is 7.65. The molecule has 0 N–H and O–H groups in total. The number of unbranched alkanes of at least 4 members (excludes halogenated alkanes) is 28. The SMILES string of the molecule is CCCCCCCCCCCCCCCCCOC(=O)C12CCCCC1(C(=O)OCCCCCCCCCCCCCCCCC)O2. The maximum atomic E-state index is 13.1. The van der Waals surface area contributed by atoms with Crippen LogP contribution in [0.2, 0.25) is 0 Å². The fraction of sp³-hybridized carbons (Fsp3) is 0.952. The number of ether oxygens (including phenoxy) is 3. The molecule has 0 aromatic carbocycles. The Morgan fingerprint density at radius 2 is 0.638 bits per heavy atom. The lowest BCUT2D eigenvalue weighted by atomic mass is 9.79. The number of epoxide rings is 1. The van der Waals surface area contributed by atoms with Gasteiger partial charge in [-0.1, -0.05) is 194 Å². The van der Waals surface area contributed by atoms with Crippen LogP contribution in [0.5, 0.6) is 0 Å². The van der Waals surface area contributed by atoms with Crippen molar-refractivity contribution in [3.8, 4) is 0 Å². The Hall–Kier alpha value is -1.10. The van der Waals surface area contributed by atoms with Gasteiger partial charge in [-0.3, -0.25) is 0 Å². The van der Waals surface area contributed by atoms with Gasteiger partial charge in [-0.15, -0.1) is 0 Å². The molecule has 0 aromatic heterocycles. The van der Waals surface area contributed by atoms with Crippen molar-refractivity contribution in [1.29, 1.82) is 0 Å². The van der Waals surface area contributed by atoms with Crippen LogP contribution in [0.3, 0.4) is 0 Å². The van der Waals surface area contributed by atoms with E-state index in [9.17, 15) is 9.59 Å². The van der Waals surface area contributed by atoms with Gasteiger partial charge < -0.3 is 14.2 Å². The molecule has 0 aromatic rings. The molecule has 2 fully saturated rings. The van der Waals surface area contributed by atoms with Crippen LogP contribution in [0.4, 0.5) is 0 Å². The monoisotopic (exact) mass is 663 g/mol. The summed E-state index contributed by atoms with van der Waals surface area (Å²) in [5, 5.41) is 0. The second-order valence-electron chi connectivity index (χ2n) is 15.1. The van der Waals surface area contributed by atoms with Crippen molar-refractivity contribution in [2.45, 2.75) is 243 Å². The van der Waals surface area contributed by atoms with Crippen LogP contribution >= 0.6 is 0 Å². The zero-order valence-corrected chi connectivity index (χ0v) is 31.5. The summed E-state index contributed by atoms with van der Waals surface area (Å²) in [5.74, 6) is -0.682. The topological polar surface area (TPSA) is 65.1 Å². The Morgan fingerprint density at radius 1 is 0.404 bits per heavy atom. The predicted molar refractivity (Wildman–Crippen MR) is 197 cm³/mol. The van der Waals surface area contributed by atoms with E-state index in [2.05, 4.69) is 13.8 Å². The van der Waals surface area contributed by atoms with E-state index >= 15 is 0 Å². The molecule has 2 rings (SSSR count). The second kappa shape index (κ2) is 27.7. The molecule has 0 amide bonds. The summed E-state index contributed by atoms with van der Waals surface area (Å²) in [4.78, 5) is 26.2. The molecular formula is C42H78O5. The Kier molecular flexibility index (Phi) is 24.8. The van der Waals surface area contributed by atoms with Crippen LogP contribution in [0, 0.1) is 0 Å². The van der Waals surface area contributed by atoms with Gasteiger partial charge in [0.2, 0.25) is 11.2 Å². The molecule has 5 nitrogen and oxygen atoms in total. The summed E-state index contributed by atoms with van der Waals surface area (Å²) in [6.07, 6.45) is 42.3. The predicted octanol–water partition coefficient (Wildman–Crippen LogP) is 12.9. The molecule has 1 aliphatic heterocycles. The number of carbonyl (C=O) groups is 2. The van der Waals surface area contributed by atoms with Gasteiger partial charge in [0.15, 0.2) is 0 Å². The van der Waals surface area contributed by atoms with E-state index in [0.29, 0.717) is 26.1 Å². The van der Waals surface area contributed by atoms with Crippen molar-refractivity contribution in [3.63, 3.8) is 0 Å². The molecule has 2 atom stereocenters. The molecule has 5 heteroatoms. The highest BCUT2D eigenvalue weighted by molar-refractivity contribution is 5.98. The number of fused-ring (bicyclic) bond motifs is 1. The van der Waals surface area contributed by atoms with E-state index in [-0.39, 0.29) is 11.9 Å². The lowest BCUT2D eigenvalue weighted by Crippen LogP contribution is -2.44. The van der Waals surface area contributed by atoms with Crippen LogP contribution in [0.25, 0.3) is 0 Å². The largest absolute Gasteiger partial charge is 0.463 e. The van der Waals surface area contributed by atoms with Gasteiger partial charge in [0.05, 0.1) is 13.2 Å². The van der Waals surface area contributed by atoms with Crippen molar-refractivity contribution < 1.29 is 23.8 Å². The van der Waals surface area contributed by atoms with E-state index in [1.165, 1.54) is 167 Å². The van der Waals surface area contributed by atoms with Gasteiger partial charge in [-0.05, 0) is 38.5 Å². The van der Waals surface area contributed by atoms with E-state index < -0.39 is 11.2 Å². The summed E-state index contributed by atoms with van der Waals surface area (Å²) >= 11 is 0. The highest BCUT2D eigenvalue weighted by atomic mass is 16.7. The molecule has 1 saturated heterocycles. The van der Waals surface area contributed by atoms with E-state index in [1.807, 2.05) is 0 Å². The minimum Gasteiger partial charge on any atom is -0.463 e. The van der Waals surface area contributed by atoms with Crippen molar-refractivity contribution in [2.24, 2.45) is 0 Å². The van der Waals surface area contributed by atoms with Gasteiger partial charge in [0, 0.05) is 0 Å². The Bertz CT molecular complexity index is 706. The minimum absolute atomic E-state index is 0.341. The van der Waals surface area contributed by atoms with Crippen LogP contribution in [-0.2, 0) is 23.8 Å². The number of hydrogen-bond donors (Lipinski definition) is 0. The molecule has 0 bridgehead atoms. The van der Waals surface area contributed by atoms with E-state index in [1.54, 1.807) is 0 Å². The van der Waals surface area contributed by atoms with Gasteiger partial charge in [-0.2, -0.15) is 0 Å². The first kappa shape index (κ1) is 42.1. The third kappa shape index (κ3) is 17.4. The van der Waals surface area contributed by atoms with E-state index in [4.69, 9.17) is 14.2 Å². The highest BCUT2D eigenvalue weighted by Gasteiger charge is 2.81. The van der Waals surface area contributed by atoms with Crippen molar-refractivity contribution in [1.82, 2.24) is 0 Å². The summed E-state index contributed by atoms with van der Waals surface area (Å²) < 4.78 is 17.3. The molecule has 276 valence electrons. The third-order valence-corrected chi connectivity index (χ3v) is 10.9. The Balaban J connectivity index is 1.42. The van der Waals surface area contributed by atoms with Gasteiger partial charge in [0.1, 0.15) is 0 Å². The Labute approximate surface area is 291 Å². The number of hydrogen-bond acceptors (Lipinski definition) is 5. The van der Waals surface area contributed by atoms with Crippen molar-refractivity contribution in [3.05, 3.63) is 0 Å². The van der Waals surface area contributed by atoms with Gasteiger partial charge in [-0.25, -0.2) is 9.59 Å². The summed E-state index contributed by atoms with van der Waals surface area (Å²) in [7, 11) is 0. The standard InChI is InChI=1S/C42H78O5/c1-3-5-7-9-11-13-15-17-19-21-23-25-27-29-33-37-45-39(43)41-35-31-32-36-42(41,47-41)40(44)46-38-34-30-28-26-24-22-20-18-16-14-12-10-8-6-4-2/h3-38H2,1-2H3. The first-order valence-corrected chi connectivity index (χ1v) is 21.2. The summed E-state index contributed by atoms with van der Waals surface area (Å²) in [6.45, 7) is 5.40. The fourth-order valence-corrected chi connectivity index (χ4v) is 7.65. The highest BCUT2D eigenvalue weighted by Crippen LogP contribution is 2.59. The lowest BCUT2D eigenvalue weighted by molar-refractivity contribution is -0.155. The zero-order chi connectivity index (χ0) is 33.7. The van der Waals surface area contributed by atoms with Crippen molar-refractivity contribution >= 4 is 11.9 Å². The number of esters is 2. The minimum atomic E-state index is -1.09. The molecular weight excluding hydrogens is 584 g/mol. The van der Waals surface area contributed by atoms with Crippen LogP contribution < -0.4 is 0 Å². The number of carbonyl (C=O) groups excluding carboxylic acids is 2. The maximum Gasteiger partial charge on any atom is 0.342 e. The molecule has 2 unspecified atom stereocenters. The number of rotatable bonds is 34. The molecule has 1 heterocycles. The first-order valence-electron chi connectivity index (χ1n) is 21.2. The second-order valence-corrected chi connectivity index (χ2v) is 15.1. The lowest BCUT2D eigenvalue weighted by Gasteiger charge is -2.22. The molecule has 1 aliphatic carbocycles. The molecule has 2 aliphatic rings. The van der Waals surface area contributed by atoms with Crippen LogP contribution in [-0.4, -0.2) is 36.4 Å². The third-order valence-electron chi connectivity index (χ3n) is 10.9. The van der Waals surface area contributed by atoms with Crippen molar-refractivity contribution in [2.75, 3.05) is 13.2 Å². The summed E-state index contributed by atoms with van der Waals surface area (Å²) in [6, 6.07) is 0. The molecule has 1 saturated carbocycles. The smallest absolute Gasteiger partial charge is 0.342 e. The van der Waals surface area contributed by atoms with Crippen LogP contribution in [0.15, 0.2) is 0 Å². The van der Waals surface area contributed by atoms with Gasteiger partial charge in [0.25, 0.3) is 0 Å². The quantitative estimate of drug-likeness (QED) is 0.0390. The summed E-state index contributed by atoms with van der Waals surface area (Å²) in [5.41, 5.74) is -2.18. The average Bonchev–Trinajstić information content (AvgIpc) is 3.80. The Morgan fingerprint density at radius 3 is 0.894 bits per heavy atom.